The van der Waals surface area contributed by atoms with E-state index in [1.807, 2.05) is 20.8 Å². The maximum Gasteiger partial charge on any atom is 0.461 e. The van der Waals surface area contributed by atoms with E-state index in [0.29, 0.717) is 11.8 Å². The molecule has 0 aliphatic carbocycles. The minimum Gasteiger partial charge on any atom is -0.427 e. The minimum absolute atomic E-state index is 0.0495. The van der Waals surface area contributed by atoms with Crippen molar-refractivity contribution in [1.82, 2.24) is 0 Å². The number of aliphatic hydroxyl groups excluding tert-OH is 2. The summed E-state index contributed by atoms with van der Waals surface area (Å²) < 4.78 is 24.8. The summed E-state index contributed by atoms with van der Waals surface area (Å²) >= 11 is 0. The molecule has 40 heavy (non-hydrogen) atoms. The molecule has 6 unspecified atom stereocenters. The second-order valence-electron chi connectivity index (χ2n) is 14.8. The van der Waals surface area contributed by atoms with Gasteiger partial charge in [-0.05, 0) is 29.0 Å². The third-order valence-corrected chi connectivity index (χ3v) is 8.10. The van der Waals surface area contributed by atoms with Crippen LogP contribution in [0.25, 0.3) is 0 Å². The van der Waals surface area contributed by atoms with Gasteiger partial charge in [-0.15, -0.1) is 0 Å². The highest BCUT2D eigenvalue weighted by Gasteiger charge is 2.43. The predicted octanol–water partition coefficient (Wildman–Crippen LogP) is 4.25. The van der Waals surface area contributed by atoms with Gasteiger partial charge in [-0.25, -0.2) is 0 Å². The van der Waals surface area contributed by atoms with Crippen LogP contribution in [0.15, 0.2) is 24.3 Å². The van der Waals surface area contributed by atoms with E-state index in [1.54, 1.807) is 0 Å². The van der Waals surface area contributed by atoms with Crippen LogP contribution in [-0.4, -0.2) is 79.2 Å². The van der Waals surface area contributed by atoms with Crippen LogP contribution in [0, 0.1) is 28.1 Å². The molecule has 0 spiro atoms. The van der Waals surface area contributed by atoms with Gasteiger partial charge in [0, 0.05) is 43.8 Å². The van der Waals surface area contributed by atoms with Gasteiger partial charge in [0.25, 0.3) is 0 Å². The van der Waals surface area contributed by atoms with E-state index >= 15 is 0 Å². The van der Waals surface area contributed by atoms with Gasteiger partial charge >= 0.3 is 21.4 Å². The smallest absolute Gasteiger partial charge is 0.427 e. The summed E-state index contributed by atoms with van der Waals surface area (Å²) in [5.74, 6) is 0.793. The third-order valence-electron chi connectivity index (χ3n) is 8.10. The first-order chi connectivity index (χ1) is 18.4. The third kappa shape index (κ3) is 11.6. The molecule has 3 aliphatic heterocycles. The molecule has 0 saturated carbocycles. The van der Waals surface area contributed by atoms with E-state index < -0.39 is 24.7 Å². The fourth-order valence-corrected chi connectivity index (χ4v) is 5.30. The van der Waals surface area contributed by atoms with Crippen LogP contribution in [0.5, 0.6) is 0 Å². The maximum atomic E-state index is 9.59. The Morgan fingerprint density at radius 1 is 0.900 bits per heavy atom. The van der Waals surface area contributed by atoms with Crippen molar-refractivity contribution in [2.24, 2.45) is 28.1 Å². The van der Waals surface area contributed by atoms with E-state index in [9.17, 15) is 10.2 Å². The largest absolute Gasteiger partial charge is 0.461 e. The number of allylic oxidation sites excluding steroid dienone is 2. The monoisotopic (exact) mass is 564 g/mol. The molecular formula is C29H55B3O8. The van der Waals surface area contributed by atoms with E-state index in [2.05, 4.69) is 53.7 Å². The number of aliphatic hydroxyl groups is 2. The van der Waals surface area contributed by atoms with Crippen molar-refractivity contribution in [2.45, 2.75) is 119 Å². The molecule has 3 rings (SSSR count). The Labute approximate surface area is 244 Å². The summed E-state index contributed by atoms with van der Waals surface area (Å²) in [4.78, 5) is 0. The van der Waals surface area contributed by atoms with Gasteiger partial charge in [0.05, 0.1) is 18.3 Å². The Morgan fingerprint density at radius 2 is 1.50 bits per heavy atom. The van der Waals surface area contributed by atoms with Crippen molar-refractivity contribution >= 4 is 21.4 Å². The minimum atomic E-state index is -1.41. The van der Waals surface area contributed by atoms with Crippen molar-refractivity contribution in [3.63, 3.8) is 0 Å². The molecule has 3 aliphatic rings. The van der Waals surface area contributed by atoms with Crippen LogP contribution >= 0.6 is 0 Å². The molecule has 4 bridgehead atoms. The molecule has 0 amide bonds. The molecule has 11 heteroatoms. The molecule has 0 aromatic carbocycles. The van der Waals surface area contributed by atoms with Gasteiger partial charge in [-0.1, -0.05) is 93.0 Å². The average molecular weight is 564 g/mol. The van der Waals surface area contributed by atoms with Gasteiger partial charge in [-0.2, -0.15) is 0 Å². The van der Waals surface area contributed by atoms with Crippen LogP contribution in [0.4, 0.5) is 0 Å². The molecule has 228 valence electrons. The lowest BCUT2D eigenvalue weighted by Gasteiger charge is -2.43. The fraction of sp³-hybridized carbons (Fsp3) is 0.862. The lowest BCUT2D eigenvalue weighted by molar-refractivity contribution is -0.0401. The Hall–Kier alpha value is -0.645. The second kappa shape index (κ2) is 15.2. The first kappa shape index (κ1) is 35.6. The average Bonchev–Trinajstić information content (AvgIpc) is 2.81. The molecular weight excluding hydrogens is 509 g/mol. The Bertz CT molecular complexity index is 803. The molecule has 6 atom stereocenters. The van der Waals surface area contributed by atoms with Crippen molar-refractivity contribution in [1.29, 1.82) is 0 Å². The van der Waals surface area contributed by atoms with Gasteiger partial charge in [0.1, 0.15) is 0 Å². The first-order valence-corrected chi connectivity index (χ1v) is 15.0. The Kier molecular flexibility index (Phi) is 13.5. The van der Waals surface area contributed by atoms with Crippen LogP contribution in [-0.2, 0) is 18.6 Å². The zero-order chi connectivity index (χ0) is 30.3. The maximum absolute atomic E-state index is 9.59. The van der Waals surface area contributed by atoms with Crippen LogP contribution < -0.4 is 0 Å². The fourth-order valence-electron chi connectivity index (χ4n) is 5.30. The van der Waals surface area contributed by atoms with Crippen molar-refractivity contribution < 1.29 is 38.9 Å². The summed E-state index contributed by atoms with van der Waals surface area (Å²) in [6.45, 7) is 20.6. The lowest BCUT2D eigenvalue weighted by Crippen LogP contribution is -2.49. The summed E-state index contributed by atoms with van der Waals surface area (Å²) in [5, 5.41) is 36.1. The zero-order valence-electron chi connectivity index (χ0n) is 26.4. The van der Waals surface area contributed by atoms with Gasteiger partial charge < -0.3 is 38.9 Å². The standard InChI is InChI=1S/C20H36B2O4.C9H19BO4/c1-19(2,3)15-13-23-21-12-8-10-18-16(20(4,5)6)14-24-22(26-18)11-7-9-17(15)25-21;1-9(2,3)8(12)7(11)5-4-6-10(13)14/h7,9,15-18H,8,10-14H2,1-6H3;4-5,7-8,11-14H,6H2,1-3H3/b9-7+;5-4+. The molecule has 0 aromatic rings. The Balaban J connectivity index is 0.000000342. The van der Waals surface area contributed by atoms with E-state index in [4.69, 9.17) is 28.7 Å². The highest BCUT2D eigenvalue weighted by Crippen LogP contribution is 2.38. The van der Waals surface area contributed by atoms with E-state index in [0.717, 1.165) is 38.7 Å². The molecule has 3 heterocycles. The van der Waals surface area contributed by atoms with Crippen LogP contribution in [0.3, 0.4) is 0 Å². The van der Waals surface area contributed by atoms with Gasteiger partial charge in [-0.3, -0.25) is 0 Å². The highest BCUT2D eigenvalue weighted by molar-refractivity contribution is 6.45. The molecule has 4 N–H and O–H groups in total. The lowest BCUT2D eigenvalue weighted by atomic mass is 9.69. The molecule has 2 saturated heterocycles. The first-order valence-electron chi connectivity index (χ1n) is 15.0. The van der Waals surface area contributed by atoms with Crippen molar-refractivity contribution in [3.8, 4) is 0 Å². The van der Waals surface area contributed by atoms with Crippen LogP contribution in [0.1, 0.15) is 75.2 Å². The quantitative estimate of drug-likeness (QED) is 0.296. The zero-order valence-corrected chi connectivity index (χ0v) is 26.4. The molecule has 2 fully saturated rings. The summed E-state index contributed by atoms with van der Waals surface area (Å²) in [7, 11) is -1.63. The number of rotatable bonds is 4. The number of hydrogen-bond acceptors (Lipinski definition) is 8. The normalized spacial score (nSPS) is 29.0. The summed E-state index contributed by atoms with van der Waals surface area (Å²) in [5.41, 5.74) is -0.0626. The van der Waals surface area contributed by atoms with E-state index in [1.165, 1.54) is 12.2 Å². The highest BCUT2D eigenvalue weighted by atomic mass is 16.6. The number of hydrogen-bond donors (Lipinski definition) is 4. The number of fused-ring (bicyclic) bond motifs is 4. The summed E-state index contributed by atoms with van der Waals surface area (Å²) in [6.07, 6.45) is 9.60. The predicted molar refractivity (Wildman–Crippen MR) is 163 cm³/mol. The van der Waals surface area contributed by atoms with Crippen LogP contribution in [0.2, 0.25) is 19.0 Å². The SMILES string of the molecule is CC(C)(C)C(O)C(O)/C=C/CB(O)O.CC(C)(C)C1COB2CCCC3OB(C/C=C/C1O2)OCC3C(C)(C)C. The summed E-state index contributed by atoms with van der Waals surface area (Å²) in [6, 6.07) is 0. The molecule has 0 aromatic heterocycles. The van der Waals surface area contributed by atoms with Crippen molar-refractivity contribution in [2.75, 3.05) is 13.2 Å². The Morgan fingerprint density at radius 3 is 2.08 bits per heavy atom. The van der Waals surface area contributed by atoms with Gasteiger partial charge in [0.2, 0.25) is 0 Å². The van der Waals surface area contributed by atoms with E-state index in [-0.39, 0.29) is 43.6 Å². The van der Waals surface area contributed by atoms with Crippen molar-refractivity contribution in [3.05, 3.63) is 24.3 Å². The topological polar surface area (TPSA) is 118 Å². The van der Waals surface area contributed by atoms with Gasteiger partial charge in [0.15, 0.2) is 0 Å². The molecule has 0 radical (unpaired) electrons. The molecule has 8 nitrogen and oxygen atoms in total. The second-order valence-corrected chi connectivity index (χ2v) is 14.8.